The molecule has 1 aliphatic rings. The van der Waals surface area contributed by atoms with Gasteiger partial charge in [0.05, 0.1) is 0 Å². The van der Waals surface area contributed by atoms with Crippen molar-refractivity contribution in [3.8, 4) is 11.8 Å². The second-order valence-electron chi connectivity index (χ2n) is 5.44. The summed E-state index contributed by atoms with van der Waals surface area (Å²) in [7, 11) is 0. The Labute approximate surface area is 130 Å². The number of likely N-dealkylation sites (tertiary alicyclic amines) is 1. The normalized spacial score (nSPS) is 17.0. The highest BCUT2D eigenvalue weighted by molar-refractivity contribution is 6.01. The van der Waals surface area contributed by atoms with Gasteiger partial charge in [-0.2, -0.15) is 5.26 Å². The van der Waals surface area contributed by atoms with E-state index in [1.807, 2.05) is 6.07 Å². The zero-order chi connectivity index (χ0) is 15.9. The van der Waals surface area contributed by atoms with Gasteiger partial charge in [0.15, 0.2) is 0 Å². The fourth-order valence-electron chi connectivity index (χ4n) is 2.54. The fraction of sp³-hybridized carbons (Fsp3) is 0.412. The summed E-state index contributed by atoms with van der Waals surface area (Å²) in [6, 6.07) is 8.47. The van der Waals surface area contributed by atoms with Gasteiger partial charge >= 0.3 is 0 Å². The SMILES string of the molecule is CCN1CCC(NC(=O)/C(C#N)=C/c2ccc(O)cc2)CC1. The quantitative estimate of drug-likeness (QED) is 0.657. The van der Waals surface area contributed by atoms with Crippen LogP contribution in [0.2, 0.25) is 0 Å². The van der Waals surface area contributed by atoms with Crippen molar-refractivity contribution in [2.24, 2.45) is 0 Å². The number of piperidine rings is 1. The molecule has 5 nitrogen and oxygen atoms in total. The molecule has 22 heavy (non-hydrogen) atoms. The Morgan fingerprint density at radius 1 is 1.41 bits per heavy atom. The maximum Gasteiger partial charge on any atom is 0.262 e. The Hall–Kier alpha value is -2.32. The van der Waals surface area contributed by atoms with Crippen molar-refractivity contribution in [1.29, 1.82) is 5.26 Å². The molecule has 0 aromatic heterocycles. The van der Waals surface area contributed by atoms with E-state index in [9.17, 15) is 15.2 Å². The van der Waals surface area contributed by atoms with Crippen molar-refractivity contribution in [3.05, 3.63) is 35.4 Å². The molecular weight excluding hydrogens is 278 g/mol. The van der Waals surface area contributed by atoms with Crippen LogP contribution in [0.1, 0.15) is 25.3 Å². The lowest BCUT2D eigenvalue weighted by Crippen LogP contribution is -2.44. The first-order valence-corrected chi connectivity index (χ1v) is 7.56. The van der Waals surface area contributed by atoms with Crippen LogP contribution in [0.5, 0.6) is 5.75 Å². The predicted molar refractivity (Wildman–Crippen MR) is 85.0 cm³/mol. The first kappa shape index (κ1) is 16.1. The highest BCUT2D eigenvalue weighted by Gasteiger charge is 2.21. The van der Waals surface area contributed by atoms with E-state index in [2.05, 4.69) is 17.1 Å². The van der Waals surface area contributed by atoms with Gasteiger partial charge in [-0.25, -0.2) is 0 Å². The molecule has 1 aromatic carbocycles. The molecule has 0 atom stereocenters. The van der Waals surface area contributed by atoms with Crippen LogP contribution in [0, 0.1) is 11.3 Å². The molecule has 116 valence electrons. The molecule has 2 rings (SSSR count). The van der Waals surface area contributed by atoms with E-state index in [4.69, 9.17) is 0 Å². The van der Waals surface area contributed by atoms with Crippen LogP contribution in [0.3, 0.4) is 0 Å². The maximum absolute atomic E-state index is 12.2. The molecule has 0 unspecified atom stereocenters. The predicted octanol–water partition coefficient (Wildman–Crippen LogP) is 1.90. The molecule has 1 fully saturated rings. The maximum atomic E-state index is 12.2. The number of amides is 1. The van der Waals surface area contributed by atoms with Crippen molar-refractivity contribution in [2.45, 2.75) is 25.8 Å². The Balaban J connectivity index is 1.98. The van der Waals surface area contributed by atoms with Crippen molar-refractivity contribution in [3.63, 3.8) is 0 Å². The number of benzene rings is 1. The lowest BCUT2D eigenvalue weighted by molar-refractivity contribution is -0.118. The van der Waals surface area contributed by atoms with Gasteiger partial charge in [0.2, 0.25) is 0 Å². The van der Waals surface area contributed by atoms with Gasteiger partial charge in [0, 0.05) is 19.1 Å². The largest absolute Gasteiger partial charge is 0.508 e. The van der Waals surface area contributed by atoms with Gasteiger partial charge in [-0.05, 0) is 43.2 Å². The van der Waals surface area contributed by atoms with Crippen molar-refractivity contribution in [1.82, 2.24) is 10.2 Å². The van der Waals surface area contributed by atoms with Gasteiger partial charge in [-0.15, -0.1) is 0 Å². The number of phenolic OH excluding ortho intramolecular Hbond substituents is 1. The summed E-state index contributed by atoms with van der Waals surface area (Å²) in [4.78, 5) is 14.5. The number of nitrogens with one attached hydrogen (secondary N) is 1. The highest BCUT2D eigenvalue weighted by Crippen LogP contribution is 2.14. The van der Waals surface area contributed by atoms with Gasteiger partial charge in [-0.3, -0.25) is 4.79 Å². The molecular formula is C17H21N3O2. The molecule has 1 aromatic rings. The van der Waals surface area contributed by atoms with Gasteiger partial charge < -0.3 is 15.3 Å². The first-order chi connectivity index (χ1) is 10.6. The van der Waals surface area contributed by atoms with Crippen LogP contribution in [-0.2, 0) is 4.79 Å². The number of hydrogen-bond donors (Lipinski definition) is 2. The third kappa shape index (κ3) is 4.34. The second kappa shape index (κ2) is 7.62. The third-order valence-electron chi connectivity index (χ3n) is 3.94. The van der Waals surface area contributed by atoms with E-state index < -0.39 is 0 Å². The summed E-state index contributed by atoms with van der Waals surface area (Å²) in [6.45, 7) is 5.12. The Kier molecular flexibility index (Phi) is 5.56. The molecule has 0 bridgehead atoms. The summed E-state index contributed by atoms with van der Waals surface area (Å²) in [5.74, 6) is -0.173. The summed E-state index contributed by atoms with van der Waals surface area (Å²) >= 11 is 0. The second-order valence-corrected chi connectivity index (χ2v) is 5.44. The summed E-state index contributed by atoms with van der Waals surface area (Å²) in [5, 5.41) is 21.4. The molecule has 5 heteroatoms. The van der Waals surface area contributed by atoms with Crippen molar-refractivity contribution < 1.29 is 9.90 Å². The average Bonchev–Trinajstić information content (AvgIpc) is 2.55. The van der Waals surface area contributed by atoms with Crippen LogP contribution >= 0.6 is 0 Å². The molecule has 0 saturated carbocycles. The number of carbonyl (C=O) groups excluding carboxylic acids is 1. The number of carbonyl (C=O) groups is 1. The molecule has 1 heterocycles. The van der Waals surface area contributed by atoms with Crippen LogP contribution in [0.25, 0.3) is 6.08 Å². The van der Waals surface area contributed by atoms with Crippen molar-refractivity contribution in [2.75, 3.05) is 19.6 Å². The molecule has 1 saturated heterocycles. The van der Waals surface area contributed by atoms with Crippen LogP contribution in [0.15, 0.2) is 29.8 Å². The fourth-order valence-corrected chi connectivity index (χ4v) is 2.54. The molecule has 0 aliphatic carbocycles. The third-order valence-corrected chi connectivity index (χ3v) is 3.94. The van der Waals surface area contributed by atoms with Crippen LogP contribution < -0.4 is 5.32 Å². The molecule has 1 aliphatic heterocycles. The number of nitrogens with zero attached hydrogens (tertiary/aromatic N) is 2. The zero-order valence-electron chi connectivity index (χ0n) is 12.7. The minimum absolute atomic E-state index is 0.0867. The number of phenols is 1. The van der Waals surface area contributed by atoms with E-state index in [0.717, 1.165) is 32.5 Å². The summed E-state index contributed by atoms with van der Waals surface area (Å²) in [5.41, 5.74) is 0.800. The Morgan fingerprint density at radius 2 is 2.05 bits per heavy atom. The minimum atomic E-state index is -0.328. The topological polar surface area (TPSA) is 76.4 Å². The van der Waals surface area contributed by atoms with Crippen molar-refractivity contribution >= 4 is 12.0 Å². The number of rotatable bonds is 4. The van der Waals surface area contributed by atoms with E-state index in [1.54, 1.807) is 12.1 Å². The van der Waals surface area contributed by atoms with Crippen LogP contribution in [-0.4, -0.2) is 41.6 Å². The highest BCUT2D eigenvalue weighted by atomic mass is 16.3. The van der Waals surface area contributed by atoms with Gasteiger partial charge in [0.1, 0.15) is 17.4 Å². The zero-order valence-corrected chi connectivity index (χ0v) is 12.7. The number of nitriles is 1. The smallest absolute Gasteiger partial charge is 0.262 e. The monoisotopic (exact) mass is 299 g/mol. The number of hydrogen-bond acceptors (Lipinski definition) is 4. The molecule has 1 amide bonds. The van der Waals surface area contributed by atoms with E-state index in [0.29, 0.717) is 5.56 Å². The first-order valence-electron chi connectivity index (χ1n) is 7.56. The van der Waals surface area contributed by atoms with E-state index >= 15 is 0 Å². The van der Waals surface area contributed by atoms with Crippen LogP contribution in [0.4, 0.5) is 0 Å². The molecule has 2 N–H and O–H groups in total. The standard InChI is InChI=1S/C17H21N3O2/c1-2-20-9-7-15(8-10-20)19-17(22)14(12-18)11-13-3-5-16(21)6-4-13/h3-6,11,15,21H,2,7-10H2,1H3,(H,19,22)/b14-11+. The molecule has 0 radical (unpaired) electrons. The summed E-state index contributed by atoms with van der Waals surface area (Å²) in [6.07, 6.45) is 3.37. The van der Waals surface area contributed by atoms with E-state index in [-0.39, 0.29) is 23.3 Å². The van der Waals surface area contributed by atoms with E-state index in [1.165, 1.54) is 18.2 Å². The molecule has 0 spiro atoms. The van der Waals surface area contributed by atoms with Gasteiger partial charge in [-0.1, -0.05) is 19.1 Å². The Bertz CT molecular complexity index is 579. The summed E-state index contributed by atoms with van der Waals surface area (Å²) < 4.78 is 0. The van der Waals surface area contributed by atoms with Gasteiger partial charge in [0.25, 0.3) is 5.91 Å². The minimum Gasteiger partial charge on any atom is -0.508 e. The lowest BCUT2D eigenvalue weighted by atomic mass is 10.0. The lowest BCUT2D eigenvalue weighted by Gasteiger charge is -2.31. The average molecular weight is 299 g/mol. The Morgan fingerprint density at radius 3 is 2.59 bits per heavy atom. The number of aromatic hydroxyl groups is 1.